The van der Waals surface area contributed by atoms with Gasteiger partial charge in [-0.3, -0.25) is 4.79 Å². The molecule has 0 spiro atoms. The molecule has 1 saturated carbocycles. The molecule has 1 saturated heterocycles. The van der Waals surface area contributed by atoms with Crippen molar-refractivity contribution in [1.29, 1.82) is 0 Å². The number of fused-ring (bicyclic) bond motifs is 1. The number of hydrogen-bond acceptors (Lipinski definition) is 2. The van der Waals surface area contributed by atoms with Gasteiger partial charge in [-0.1, -0.05) is 13.8 Å². The van der Waals surface area contributed by atoms with Crippen LogP contribution in [0.2, 0.25) is 0 Å². The van der Waals surface area contributed by atoms with Crippen LogP contribution < -0.4 is 0 Å². The molecule has 1 aliphatic heterocycles. The highest BCUT2D eigenvalue weighted by atomic mass is 16.5. The van der Waals surface area contributed by atoms with Gasteiger partial charge in [0.25, 0.3) is 0 Å². The zero-order valence-electron chi connectivity index (χ0n) is 7.80. The highest BCUT2D eigenvalue weighted by Crippen LogP contribution is 2.46. The van der Waals surface area contributed by atoms with Gasteiger partial charge in [-0.2, -0.15) is 0 Å². The summed E-state index contributed by atoms with van der Waals surface area (Å²) in [6.07, 6.45) is 4.42. The predicted octanol–water partition coefficient (Wildman–Crippen LogP) is 2.13. The van der Waals surface area contributed by atoms with E-state index >= 15 is 0 Å². The molecule has 2 aliphatic rings. The fourth-order valence-electron chi connectivity index (χ4n) is 2.59. The summed E-state index contributed by atoms with van der Waals surface area (Å²) < 4.78 is 5.26. The minimum absolute atomic E-state index is 0.0139. The molecule has 2 fully saturated rings. The van der Waals surface area contributed by atoms with Crippen molar-refractivity contribution >= 4 is 5.97 Å². The van der Waals surface area contributed by atoms with Crippen LogP contribution in [0.1, 0.15) is 39.5 Å². The first-order valence-electron chi connectivity index (χ1n) is 4.79. The molecule has 2 nitrogen and oxygen atoms in total. The van der Waals surface area contributed by atoms with Gasteiger partial charge in [0.05, 0.1) is 6.42 Å². The highest BCUT2D eigenvalue weighted by molar-refractivity contribution is 5.72. The van der Waals surface area contributed by atoms with Gasteiger partial charge < -0.3 is 4.74 Å². The number of ether oxygens (including phenoxy) is 1. The van der Waals surface area contributed by atoms with Crippen molar-refractivity contribution in [3.63, 3.8) is 0 Å². The number of esters is 1. The van der Waals surface area contributed by atoms with Crippen LogP contribution in [0.3, 0.4) is 0 Å². The SMILES string of the molecule is CC1(C)CCC[C@H]2OC(=O)C[C@H]21. The minimum atomic E-state index is 0.0139. The van der Waals surface area contributed by atoms with Gasteiger partial charge in [0.2, 0.25) is 0 Å². The van der Waals surface area contributed by atoms with Crippen LogP contribution in [-0.2, 0) is 9.53 Å². The summed E-state index contributed by atoms with van der Waals surface area (Å²) in [6, 6.07) is 0. The summed E-state index contributed by atoms with van der Waals surface area (Å²) in [7, 11) is 0. The molecule has 0 radical (unpaired) electrons. The highest BCUT2D eigenvalue weighted by Gasteiger charge is 2.46. The monoisotopic (exact) mass is 168 g/mol. The molecule has 68 valence electrons. The zero-order valence-corrected chi connectivity index (χ0v) is 7.80. The molecule has 1 aliphatic carbocycles. The van der Waals surface area contributed by atoms with Crippen LogP contribution in [0, 0.1) is 11.3 Å². The summed E-state index contributed by atoms with van der Waals surface area (Å²) in [5.41, 5.74) is 0.315. The van der Waals surface area contributed by atoms with Crippen LogP contribution in [0.15, 0.2) is 0 Å². The molecule has 0 aromatic heterocycles. The largest absolute Gasteiger partial charge is 0.462 e. The van der Waals surface area contributed by atoms with Crippen molar-refractivity contribution in [3.8, 4) is 0 Å². The van der Waals surface area contributed by atoms with Crippen molar-refractivity contribution in [2.75, 3.05) is 0 Å². The molecule has 0 amide bonds. The molecule has 0 N–H and O–H groups in total. The average molecular weight is 168 g/mol. The van der Waals surface area contributed by atoms with E-state index in [1.165, 1.54) is 12.8 Å². The fraction of sp³-hybridized carbons (Fsp3) is 0.900. The van der Waals surface area contributed by atoms with Crippen molar-refractivity contribution in [1.82, 2.24) is 0 Å². The van der Waals surface area contributed by atoms with Gasteiger partial charge >= 0.3 is 5.97 Å². The second-order valence-electron chi connectivity index (χ2n) is 4.72. The third-order valence-electron chi connectivity index (χ3n) is 3.43. The first-order chi connectivity index (χ1) is 5.59. The van der Waals surface area contributed by atoms with Crippen molar-refractivity contribution in [3.05, 3.63) is 0 Å². The lowest BCUT2D eigenvalue weighted by atomic mass is 9.67. The van der Waals surface area contributed by atoms with E-state index in [-0.39, 0.29) is 12.1 Å². The normalized spacial score (nSPS) is 39.0. The number of rotatable bonds is 0. The second kappa shape index (κ2) is 2.48. The number of carbonyl (C=O) groups is 1. The van der Waals surface area contributed by atoms with E-state index in [1.54, 1.807) is 0 Å². The molecule has 2 rings (SSSR count). The van der Waals surface area contributed by atoms with Crippen molar-refractivity contribution < 1.29 is 9.53 Å². The van der Waals surface area contributed by atoms with E-state index < -0.39 is 0 Å². The van der Waals surface area contributed by atoms with Gasteiger partial charge in [-0.15, -0.1) is 0 Å². The Morgan fingerprint density at radius 2 is 2.25 bits per heavy atom. The average Bonchev–Trinajstić information content (AvgIpc) is 2.30. The van der Waals surface area contributed by atoms with Crippen molar-refractivity contribution in [2.24, 2.45) is 11.3 Å². The van der Waals surface area contributed by atoms with Gasteiger partial charge in [-0.05, 0) is 24.7 Å². The molecule has 0 aromatic carbocycles. The summed E-state index contributed by atoms with van der Waals surface area (Å²) in [4.78, 5) is 11.1. The second-order valence-corrected chi connectivity index (χ2v) is 4.72. The van der Waals surface area contributed by atoms with Crippen molar-refractivity contribution in [2.45, 2.75) is 45.6 Å². The number of hydrogen-bond donors (Lipinski definition) is 0. The molecular weight excluding hydrogens is 152 g/mol. The van der Waals surface area contributed by atoms with E-state index in [0.717, 1.165) is 6.42 Å². The standard InChI is InChI=1S/C10H16O2/c1-10(2)5-3-4-8-7(10)6-9(11)12-8/h7-8H,3-6H2,1-2H3/t7-,8-/m1/s1. The Bertz CT molecular complexity index is 208. The Labute approximate surface area is 73.3 Å². The van der Waals surface area contributed by atoms with E-state index in [9.17, 15) is 4.79 Å². The van der Waals surface area contributed by atoms with E-state index in [4.69, 9.17) is 4.74 Å². The Morgan fingerprint density at radius 1 is 1.50 bits per heavy atom. The number of carbonyl (C=O) groups excluding carboxylic acids is 1. The Morgan fingerprint density at radius 3 is 2.92 bits per heavy atom. The third-order valence-corrected chi connectivity index (χ3v) is 3.43. The van der Waals surface area contributed by atoms with E-state index in [0.29, 0.717) is 17.8 Å². The fourth-order valence-corrected chi connectivity index (χ4v) is 2.59. The third kappa shape index (κ3) is 1.13. The summed E-state index contributed by atoms with van der Waals surface area (Å²) in [6.45, 7) is 4.51. The predicted molar refractivity (Wildman–Crippen MR) is 45.6 cm³/mol. The topological polar surface area (TPSA) is 26.3 Å². The molecule has 2 heteroatoms. The first kappa shape index (κ1) is 8.09. The zero-order chi connectivity index (χ0) is 8.77. The Hall–Kier alpha value is -0.530. The quantitative estimate of drug-likeness (QED) is 0.518. The van der Waals surface area contributed by atoms with E-state index in [2.05, 4.69) is 13.8 Å². The molecule has 1 heterocycles. The first-order valence-corrected chi connectivity index (χ1v) is 4.79. The van der Waals surface area contributed by atoms with Crippen LogP contribution in [0.4, 0.5) is 0 Å². The minimum Gasteiger partial charge on any atom is -0.462 e. The molecular formula is C10H16O2. The summed E-state index contributed by atoms with van der Waals surface area (Å²) in [5, 5.41) is 0. The lowest BCUT2D eigenvalue weighted by Gasteiger charge is -2.38. The van der Waals surface area contributed by atoms with Crippen LogP contribution in [0.5, 0.6) is 0 Å². The molecule has 0 aromatic rings. The maximum absolute atomic E-state index is 11.1. The molecule has 12 heavy (non-hydrogen) atoms. The summed E-state index contributed by atoms with van der Waals surface area (Å²) in [5.74, 6) is 0.499. The lowest BCUT2D eigenvalue weighted by Crippen LogP contribution is -2.35. The Balaban J connectivity index is 2.18. The molecule has 0 unspecified atom stereocenters. The maximum atomic E-state index is 11.1. The van der Waals surface area contributed by atoms with Gasteiger partial charge in [0.1, 0.15) is 6.10 Å². The van der Waals surface area contributed by atoms with E-state index in [1.807, 2.05) is 0 Å². The molecule has 2 atom stereocenters. The van der Waals surface area contributed by atoms with Gasteiger partial charge in [0, 0.05) is 5.92 Å². The Kier molecular flexibility index (Phi) is 1.67. The van der Waals surface area contributed by atoms with Crippen LogP contribution in [0.25, 0.3) is 0 Å². The van der Waals surface area contributed by atoms with Crippen LogP contribution >= 0.6 is 0 Å². The summed E-state index contributed by atoms with van der Waals surface area (Å²) >= 11 is 0. The smallest absolute Gasteiger partial charge is 0.306 e. The van der Waals surface area contributed by atoms with Gasteiger partial charge in [0.15, 0.2) is 0 Å². The molecule has 0 bridgehead atoms. The maximum Gasteiger partial charge on any atom is 0.306 e. The van der Waals surface area contributed by atoms with Crippen LogP contribution in [-0.4, -0.2) is 12.1 Å². The lowest BCUT2D eigenvalue weighted by molar-refractivity contribution is -0.142. The van der Waals surface area contributed by atoms with Gasteiger partial charge in [-0.25, -0.2) is 0 Å².